The summed E-state index contributed by atoms with van der Waals surface area (Å²) in [5, 5.41) is 0. The van der Waals surface area contributed by atoms with E-state index in [1.54, 1.807) is 11.1 Å². The van der Waals surface area contributed by atoms with E-state index in [9.17, 15) is 0 Å². The molecule has 3 heteroatoms. The van der Waals surface area contributed by atoms with E-state index < -0.39 is 0 Å². The van der Waals surface area contributed by atoms with E-state index in [0.29, 0.717) is 5.92 Å². The van der Waals surface area contributed by atoms with Gasteiger partial charge in [0.05, 0.1) is 0 Å². The third kappa shape index (κ3) is 6.14. The van der Waals surface area contributed by atoms with Gasteiger partial charge >= 0.3 is 26.2 Å². The fourth-order valence-corrected chi connectivity index (χ4v) is 3.06. The number of aryl methyl sites for hydroxylation is 1. The van der Waals surface area contributed by atoms with Crippen LogP contribution in [-0.2, 0) is 32.6 Å². The van der Waals surface area contributed by atoms with Gasteiger partial charge in [-0.05, 0) is 5.92 Å². The van der Waals surface area contributed by atoms with Crippen molar-refractivity contribution in [2.45, 2.75) is 31.6 Å². The molecule has 118 valence electrons. The maximum absolute atomic E-state index is 2.99. The van der Waals surface area contributed by atoms with E-state index in [0.717, 1.165) is 6.42 Å². The molecule has 2 aliphatic carbocycles. The summed E-state index contributed by atoms with van der Waals surface area (Å²) in [6.07, 6.45) is 13.9. The van der Waals surface area contributed by atoms with Gasteiger partial charge in [-0.2, -0.15) is 29.3 Å². The summed E-state index contributed by atoms with van der Waals surface area (Å²) in [5.74, 6) is 0.643. The van der Waals surface area contributed by atoms with E-state index in [1.807, 2.05) is 12.2 Å². The van der Waals surface area contributed by atoms with Crippen LogP contribution in [-0.4, -0.2) is 0 Å². The van der Waals surface area contributed by atoms with Crippen molar-refractivity contribution in [1.82, 2.24) is 0 Å². The molecular formula is C20H20Cl2Zr. The summed E-state index contributed by atoms with van der Waals surface area (Å²) < 4.78 is 0. The van der Waals surface area contributed by atoms with Crippen molar-refractivity contribution in [3.05, 3.63) is 89.5 Å². The van der Waals surface area contributed by atoms with Crippen LogP contribution in [0.2, 0.25) is 0 Å². The van der Waals surface area contributed by atoms with Crippen LogP contribution < -0.4 is 24.8 Å². The van der Waals surface area contributed by atoms with Gasteiger partial charge in [0.25, 0.3) is 0 Å². The second-order valence-corrected chi connectivity index (χ2v) is 5.36. The molecule has 0 bridgehead atoms. The first-order valence-corrected chi connectivity index (χ1v) is 7.46. The van der Waals surface area contributed by atoms with E-state index in [4.69, 9.17) is 0 Å². The Morgan fingerprint density at radius 2 is 1.83 bits per heavy atom. The smallest absolute Gasteiger partial charge is 1.00 e. The van der Waals surface area contributed by atoms with Crippen LogP contribution in [0.1, 0.15) is 41.9 Å². The number of hydrogen-bond donors (Lipinski definition) is 0. The number of hydrogen-bond acceptors (Lipinski definition) is 0. The molecule has 1 atom stereocenters. The third-order valence-electron chi connectivity index (χ3n) is 4.05. The van der Waals surface area contributed by atoms with Crippen molar-refractivity contribution in [3.8, 4) is 0 Å². The summed E-state index contributed by atoms with van der Waals surface area (Å²) in [4.78, 5) is 0. The fourth-order valence-electron chi connectivity index (χ4n) is 3.06. The Balaban J connectivity index is 0.000000529. The van der Waals surface area contributed by atoms with Gasteiger partial charge in [0.1, 0.15) is 0 Å². The molecule has 23 heavy (non-hydrogen) atoms. The minimum atomic E-state index is 0. The van der Waals surface area contributed by atoms with Crippen LogP contribution in [0.25, 0.3) is 0 Å². The number of fused-ring (bicyclic) bond motifs is 1. The van der Waals surface area contributed by atoms with Gasteiger partial charge in [0, 0.05) is 0 Å². The molecule has 2 aliphatic rings. The monoisotopic (exact) mass is 420 g/mol. The molecular weight excluding hydrogens is 402 g/mol. The summed E-state index contributed by atoms with van der Waals surface area (Å²) >= 11 is 0. The Morgan fingerprint density at radius 3 is 2.43 bits per heavy atom. The van der Waals surface area contributed by atoms with E-state index in [2.05, 4.69) is 60.7 Å². The van der Waals surface area contributed by atoms with Gasteiger partial charge in [0.15, 0.2) is 0 Å². The Bertz CT molecular complexity index is 589. The average Bonchev–Trinajstić information content (AvgIpc) is 3.21. The van der Waals surface area contributed by atoms with Crippen molar-refractivity contribution < 1.29 is 51.0 Å². The Labute approximate surface area is 171 Å². The van der Waals surface area contributed by atoms with Crippen LogP contribution in [0.4, 0.5) is 0 Å². The third-order valence-corrected chi connectivity index (χ3v) is 4.05. The molecule has 0 nitrogen and oxygen atoms in total. The quantitative estimate of drug-likeness (QED) is 0.528. The second kappa shape index (κ2) is 12.0. The molecule has 1 unspecified atom stereocenters. The van der Waals surface area contributed by atoms with Gasteiger partial charge in [-0.3, -0.25) is 6.08 Å². The molecule has 0 aliphatic heterocycles. The number of halogens is 2. The largest absolute Gasteiger partial charge is 4.00 e. The van der Waals surface area contributed by atoms with E-state index >= 15 is 0 Å². The molecule has 0 fully saturated rings. The normalized spacial score (nSPS) is 16.8. The Morgan fingerprint density at radius 1 is 1.04 bits per heavy atom. The zero-order valence-electron chi connectivity index (χ0n) is 13.0. The summed E-state index contributed by atoms with van der Waals surface area (Å²) in [6.45, 7) is 0. The number of benzene rings is 1. The molecule has 0 radical (unpaired) electrons. The SMILES string of the molecule is [C-]1=CC=CC1.[Cl-].[Cl-].[Zr+4].c1ccc(C2CCCc3[cH-]ccc32)cc1. The van der Waals surface area contributed by atoms with Crippen LogP contribution in [0.5, 0.6) is 0 Å². The fraction of sp³-hybridized carbons (Fsp3) is 0.250. The van der Waals surface area contributed by atoms with Gasteiger partial charge in [0.2, 0.25) is 0 Å². The first kappa shape index (κ1) is 22.5. The molecule has 4 rings (SSSR count). The molecule has 0 N–H and O–H groups in total. The minimum Gasteiger partial charge on any atom is -1.00 e. The van der Waals surface area contributed by atoms with Crippen LogP contribution >= 0.6 is 0 Å². The average molecular weight is 423 g/mol. The molecule has 2 aromatic rings. The Hall–Kier alpha value is -0.487. The standard InChI is InChI=1S/C15H15.C5H5.2ClH.Zr/c1-2-6-12(7-3-1)14-10-4-8-13-9-5-11-15(13)14;1-2-4-5-3-1;;;/h1-3,5-7,9,11,14H,4,8,10H2;1-3H,4H2;2*1H;/q2*-1;;;+4/p-2. The summed E-state index contributed by atoms with van der Waals surface area (Å²) in [6, 6.07) is 17.7. The molecule has 0 saturated carbocycles. The van der Waals surface area contributed by atoms with Crippen molar-refractivity contribution in [3.63, 3.8) is 0 Å². The summed E-state index contributed by atoms with van der Waals surface area (Å²) in [7, 11) is 0. The van der Waals surface area contributed by atoms with E-state index in [-0.39, 0.29) is 51.0 Å². The van der Waals surface area contributed by atoms with Crippen molar-refractivity contribution >= 4 is 0 Å². The van der Waals surface area contributed by atoms with Gasteiger partial charge in [-0.25, -0.2) is 18.2 Å². The topological polar surface area (TPSA) is 0 Å². The predicted molar refractivity (Wildman–Crippen MR) is 84.8 cm³/mol. The van der Waals surface area contributed by atoms with Crippen LogP contribution in [0, 0.1) is 6.08 Å². The molecule has 0 aromatic heterocycles. The van der Waals surface area contributed by atoms with Crippen molar-refractivity contribution in [2.24, 2.45) is 0 Å². The molecule has 0 amide bonds. The van der Waals surface area contributed by atoms with Crippen LogP contribution in [0.3, 0.4) is 0 Å². The van der Waals surface area contributed by atoms with Gasteiger partial charge in [-0.1, -0.05) is 55.2 Å². The van der Waals surface area contributed by atoms with Gasteiger partial charge < -0.3 is 24.8 Å². The maximum atomic E-state index is 2.99. The predicted octanol–water partition coefficient (Wildman–Crippen LogP) is -0.815. The van der Waals surface area contributed by atoms with Gasteiger partial charge in [-0.15, -0.1) is 6.42 Å². The zero-order chi connectivity index (χ0) is 13.6. The van der Waals surface area contributed by atoms with E-state index in [1.165, 1.54) is 24.8 Å². The van der Waals surface area contributed by atoms with Crippen LogP contribution in [0.15, 0.2) is 66.8 Å². The molecule has 2 aromatic carbocycles. The maximum Gasteiger partial charge on any atom is 4.00 e. The summed E-state index contributed by atoms with van der Waals surface area (Å²) in [5.41, 5.74) is 4.60. The molecule has 0 spiro atoms. The second-order valence-electron chi connectivity index (χ2n) is 5.36. The molecule has 0 heterocycles. The minimum absolute atomic E-state index is 0. The number of rotatable bonds is 1. The Kier molecular flexibility index (Phi) is 11.7. The zero-order valence-corrected chi connectivity index (χ0v) is 17.0. The molecule has 0 saturated heterocycles. The first-order chi connectivity index (χ1) is 9.95. The van der Waals surface area contributed by atoms with Crippen molar-refractivity contribution in [2.75, 3.05) is 0 Å². The van der Waals surface area contributed by atoms with Crippen molar-refractivity contribution in [1.29, 1.82) is 0 Å². The number of allylic oxidation sites excluding steroid dienone is 4. The first-order valence-electron chi connectivity index (χ1n) is 7.46.